The largest absolute Gasteiger partial charge is 0.334 e. The summed E-state index contributed by atoms with van der Waals surface area (Å²) < 4.78 is 29.4. The zero-order valence-corrected chi connectivity index (χ0v) is 17.5. The highest BCUT2D eigenvalue weighted by Gasteiger charge is 2.29. The highest BCUT2D eigenvalue weighted by molar-refractivity contribution is 7.89. The van der Waals surface area contributed by atoms with Crippen molar-refractivity contribution in [1.82, 2.24) is 19.3 Å². The smallest absolute Gasteiger partial charge is 0.243 e. The Morgan fingerprint density at radius 3 is 2.48 bits per heavy atom. The zero-order chi connectivity index (χ0) is 20.8. The maximum Gasteiger partial charge on any atom is 0.243 e. The third kappa shape index (κ3) is 3.41. The molecule has 0 spiro atoms. The molecule has 0 unspecified atom stereocenters. The van der Waals surface area contributed by atoms with Gasteiger partial charge in [0.2, 0.25) is 10.0 Å². The third-order valence-corrected chi connectivity index (χ3v) is 6.86. The summed E-state index contributed by atoms with van der Waals surface area (Å²) in [6.07, 6.45) is 5.85. The van der Waals surface area contributed by atoms with E-state index >= 15 is 0 Å². The molecule has 0 aliphatic heterocycles. The molecule has 1 N–H and O–H groups in total. The molecule has 1 aliphatic rings. The number of hydrogen-bond donors (Lipinski definition) is 1. The molecule has 4 rings (SSSR count). The predicted molar refractivity (Wildman–Crippen MR) is 111 cm³/mol. The number of aryl methyl sites for hydroxylation is 1. The summed E-state index contributed by atoms with van der Waals surface area (Å²) in [6.45, 7) is 5.51. The first kappa shape index (κ1) is 19.6. The quantitative estimate of drug-likeness (QED) is 0.693. The van der Waals surface area contributed by atoms with Crippen LogP contribution in [0.3, 0.4) is 0 Å². The Balaban J connectivity index is 1.89. The van der Waals surface area contributed by atoms with Crippen LogP contribution in [0, 0.1) is 18.3 Å². The molecule has 0 atom stereocenters. The fourth-order valence-corrected chi connectivity index (χ4v) is 4.88. The molecule has 1 aromatic carbocycles. The summed E-state index contributed by atoms with van der Waals surface area (Å²) in [6, 6.07) is 8.49. The second-order valence-corrected chi connectivity index (χ2v) is 9.54. The molecule has 2 aromatic heterocycles. The van der Waals surface area contributed by atoms with E-state index in [2.05, 4.69) is 25.3 Å². The first-order valence-electron chi connectivity index (χ1n) is 9.71. The molecule has 1 aliphatic carbocycles. The van der Waals surface area contributed by atoms with Crippen molar-refractivity contribution in [3.8, 4) is 17.6 Å². The van der Waals surface area contributed by atoms with Gasteiger partial charge in [-0.2, -0.15) is 5.26 Å². The van der Waals surface area contributed by atoms with E-state index in [9.17, 15) is 13.7 Å². The summed E-state index contributed by atoms with van der Waals surface area (Å²) in [5.41, 5.74) is 3.27. The molecule has 0 amide bonds. The van der Waals surface area contributed by atoms with E-state index in [1.165, 1.54) is 12.4 Å². The van der Waals surface area contributed by atoms with E-state index < -0.39 is 10.0 Å². The highest BCUT2D eigenvalue weighted by atomic mass is 32.2. The van der Waals surface area contributed by atoms with Crippen molar-refractivity contribution in [2.45, 2.75) is 57.0 Å². The van der Waals surface area contributed by atoms with Crippen LogP contribution in [0.5, 0.6) is 0 Å². The number of benzene rings is 1. The van der Waals surface area contributed by atoms with E-state index in [0.29, 0.717) is 23.1 Å². The summed E-state index contributed by atoms with van der Waals surface area (Å²) in [5.74, 6) is 0.366. The van der Waals surface area contributed by atoms with Gasteiger partial charge in [-0.15, -0.1) is 0 Å². The summed E-state index contributed by atoms with van der Waals surface area (Å²) in [5, 5.41) is 10.8. The SMILES string of the molecule is Cc1ccc2c(c1)c(C#N)c(-c1ncc(S(=O)(=O)NC(C)C)cn1)n2C1CCC1. The monoisotopic (exact) mass is 409 g/mol. The molecular weight excluding hydrogens is 386 g/mol. The zero-order valence-electron chi connectivity index (χ0n) is 16.7. The standard InChI is InChI=1S/C21H23N5O2S/c1-13(2)25-29(27,28)16-11-23-21(24-12-16)20-18(10-22)17-9-14(3)7-8-19(17)26(20)15-5-4-6-15/h7-9,11-13,15,25H,4-6H2,1-3H3. The van der Waals surface area contributed by atoms with Crippen molar-refractivity contribution < 1.29 is 8.42 Å². The number of hydrogen-bond acceptors (Lipinski definition) is 5. The average Bonchev–Trinajstić information content (AvgIpc) is 2.92. The van der Waals surface area contributed by atoms with Gasteiger partial charge in [-0.25, -0.2) is 23.1 Å². The molecule has 8 heteroatoms. The van der Waals surface area contributed by atoms with E-state index in [4.69, 9.17) is 0 Å². The van der Waals surface area contributed by atoms with E-state index in [-0.39, 0.29) is 10.9 Å². The number of rotatable bonds is 5. The molecular formula is C21H23N5O2S. The molecule has 7 nitrogen and oxygen atoms in total. The van der Waals surface area contributed by atoms with Crippen molar-refractivity contribution in [2.24, 2.45) is 0 Å². The number of nitrogens with zero attached hydrogens (tertiary/aromatic N) is 4. The fraction of sp³-hybridized carbons (Fsp3) is 0.381. The Bertz CT molecular complexity index is 1220. The molecule has 0 saturated heterocycles. The first-order chi connectivity index (χ1) is 13.8. The third-order valence-electron chi connectivity index (χ3n) is 5.25. The van der Waals surface area contributed by atoms with E-state index in [1.807, 2.05) is 25.1 Å². The molecule has 2 heterocycles. The molecule has 0 radical (unpaired) electrons. The first-order valence-corrected chi connectivity index (χ1v) is 11.2. The van der Waals surface area contributed by atoms with E-state index in [0.717, 1.165) is 35.7 Å². The predicted octanol–water partition coefficient (Wildman–Crippen LogP) is 3.69. The molecule has 1 saturated carbocycles. The van der Waals surface area contributed by atoms with Crippen LogP contribution in [0.2, 0.25) is 0 Å². The maximum absolute atomic E-state index is 12.4. The normalized spacial score (nSPS) is 14.9. The maximum atomic E-state index is 12.4. The van der Waals surface area contributed by atoms with Crippen molar-refractivity contribution in [3.63, 3.8) is 0 Å². The van der Waals surface area contributed by atoms with Gasteiger partial charge >= 0.3 is 0 Å². The topological polar surface area (TPSA) is 101 Å². The van der Waals surface area contributed by atoms with Crippen molar-refractivity contribution >= 4 is 20.9 Å². The lowest BCUT2D eigenvalue weighted by atomic mass is 9.92. The lowest BCUT2D eigenvalue weighted by Crippen LogP contribution is -2.30. The van der Waals surface area contributed by atoms with E-state index in [1.54, 1.807) is 13.8 Å². The minimum Gasteiger partial charge on any atom is -0.334 e. The van der Waals surface area contributed by atoms with Gasteiger partial charge in [0.05, 0.1) is 23.5 Å². The highest BCUT2D eigenvalue weighted by Crippen LogP contribution is 2.41. The molecule has 1 fully saturated rings. The lowest BCUT2D eigenvalue weighted by molar-refractivity contribution is 0.323. The van der Waals surface area contributed by atoms with Gasteiger partial charge < -0.3 is 4.57 Å². The number of nitriles is 1. The number of aromatic nitrogens is 3. The van der Waals surface area contributed by atoms with Crippen LogP contribution < -0.4 is 4.72 Å². The van der Waals surface area contributed by atoms with Gasteiger partial charge in [0.25, 0.3) is 0 Å². The minimum atomic E-state index is -3.67. The fourth-order valence-electron chi connectivity index (χ4n) is 3.74. The Labute approximate surface area is 170 Å². The van der Waals surface area contributed by atoms with Crippen molar-refractivity contribution in [3.05, 3.63) is 41.7 Å². The van der Waals surface area contributed by atoms with Gasteiger partial charge in [-0.05, 0) is 52.2 Å². The Morgan fingerprint density at radius 1 is 1.24 bits per heavy atom. The van der Waals surface area contributed by atoms with Gasteiger partial charge in [-0.3, -0.25) is 0 Å². The number of sulfonamides is 1. The minimum absolute atomic E-state index is 0.00982. The molecule has 29 heavy (non-hydrogen) atoms. The number of nitrogens with one attached hydrogen (secondary N) is 1. The molecule has 150 valence electrons. The van der Waals surface area contributed by atoms with Gasteiger partial charge in [0, 0.05) is 17.5 Å². The second kappa shape index (κ2) is 7.25. The lowest BCUT2D eigenvalue weighted by Gasteiger charge is -2.29. The van der Waals surface area contributed by atoms with Crippen LogP contribution in [-0.2, 0) is 10.0 Å². The summed E-state index contributed by atoms with van der Waals surface area (Å²) in [4.78, 5) is 8.71. The van der Waals surface area contributed by atoms with Gasteiger partial charge in [0.1, 0.15) is 16.7 Å². The van der Waals surface area contributed by atoms with Gasteiger partial charge in [-0.1, -0.05) is 11.6 Å². The summed E-state index contributed by atoms with van der Waals surface area (Å²) in [7, 11) is -3.67. The number of fused-ring (bicyclic) bond motifs is 1. The van der Waals surface area contributed by atoms with Crippen LogP contribution in [0.4, 0.5) is 0 Å². The Kier molecular flexibility index (Phi) is 4.89. The Hall–Kier alpha value is -2.76. The van der Waals surface area contributed by atoms with Gasteiger partial charge in [0.15, 0.2) is 5.82 Å². The van der Waals surface area contributed by atoms with Crippen LogP contribution in [-0.4, -0.2) is 29.0 Å². The second-order valence-electron chi connectivity index (χ2n) is 7.83. The van der Waals surface area contributed by atoms with Crippen LogP contribution in [0.1, 0.15) is 50.3 Å². The molecule has 3 aromatic rings. The Morgan fingerprint density at radius 2 is 1.93 bits per heavy atom. The summed E-state index contributed by atoms with van der Waals surface area (Å²) >= 11 is 0. The van der Waals surface area contributed by atoms with Crippen molar-refractivity contribution in [1.29, 1.82) is 5.26 Å². The van der Waals surface area contributed by atoms with Crippen LogP contribution in [0.25, 0.3) is 22.4 Å². The molecule has 0 bridgehead atoms. The van der Waals surface area contributed by atoms with Crippen LogP contribution >= 0.6 is 0 Å². The average molecular weight is 410 g/mol. The van der Waals surface area contributed by atoms with Crippen LogP contribution in [0.15, 0.2) is 35.5 Å². The van der Waals surface area contributed by atoms with Crippen molar-refractivity contribution in [2.75, 3.05) is 0 Å².